The smallest absolute Gasteiger partial charge is 0.254 e. The van der Waals surface area contributed by atoms with Crippen LogP contribution in [0.2, 0.25) is 5.02 Å². The van der Waals surface area contributed by atoms with Gasteiger partial charge in [0.25, 0.3) is 5.91 Å². The van der Waals surface area contributed by atoms with Gasteiger partial charge in [-0.2, -0.15) is 0 Å². The van der Waals surface area contributed by atoms with E-state index < -0.39 is 0 Å². The molecule has 2 N–H and O–H groups in total. The van der Waals surface area contributed by atoms with E-state index in [9.17, 15) is 4.79 Å². The zero-order chi connectivity index (χ0) is 15.7. The number of nitrogen functional groups attached to an aromatic ring is 1. The Kier molecular flexibility index (Phi) is 8.12. The standard InChI is InChI=1S/C15H23ClN2O3/c1-3-20-9-7-18(8-10-21-4-2)15(19)12-5-6-14(17)13(16)11-12/h5-6,11H,3-4,7-10,17H2,1-2H3. The van der Waals surface area contributed by atoms with Gasteiger partial charge in [-0.3, -0.25) is 4.79 Å². The molecule has 0 bridgehead atoms. The Labute approximate surface area is 131 Å². The van der Waals surface area contributed by atoms with Crippen LogP contribution < -0.4 is 5.73 Å². The van der Waals surface area contributed by atoms with E-state index in [0.29, 0.717) is 55.8 Å². The van der Waals surface area contributed by atoms with Gasteiger partial charge in [-0.25, -0.2) is 0 Å². The van der Waals surface area contributed by atoms with Crippen LogP contribution in [0.15, 0.2) is 18.2 Å². The molecule has 0 unspecified atom stereocenters. The van der Waals surface area contributed by atoms with Crippen LogP contribution in [0.3, 0.4) is 0 Å². The molecule has 0 saturated carbocycles. The lowest BCUT2D eigenvalue weighted by Gasteiger charge is -2.22. The number of carbonyl (C=O) groups is 1. The third-order valence-electron chi connectivity index (χ3n) is 2.95. The van der Waals surface area contributed by atoms with Gasteiger partial charge in [0.15, 0.2) is 0 Å². The SMILES string of the molecule is CCOCCN(CCOCC)C(=O)c1ccc(N)c(Cl)c1. The van der Waals surface area contributed by atoms with Gasteiger partial charge >= 0.3 is 0 Å². The van der Waals surface area contributed by atoms with Gasteiger partial charge in [0.2, 0.25) is 0 Å². The Balaban J connectivity index is 2.73. The Morgan fingerprint density at radius 3 is 2.24 bits per heavy atom. The number of halogens is 1. The van der Waals surface area contributed by atoms with Crippen LogP contribution in [0.1, 0.15) is 24.2 Å². The van der Waals surface area contributed by atoms with E-state index in [4.69, 9.17) is 26.8 Å². The van der Waals surface area contributed by atoms with Crippen LogP contribution >= 0.6 is 11.6 Å². The van der Waals surface area contributed by atoms with Crippen molar-refractivity contribution in [1.29, 1.82) is 0 Å². The van der Waals surface area contributed by atoms with Crippen molar-refractivity contribution in [3.8, 4) is 0 Å². The molecule has 118 valence electrons. The first-order chi connectivity index (χ1) is 10.1. The molecule has 1 amide bonds. The summed E-state index contributed by atoms with van der Waals surface area (Å²) in [5.74, 6) is -0.101. The Hall–Kier alpha value is -1.30. The molecule has 0 aliphatic rings. The maximum atomic E-state index is 12.5. The summed E-state index contributed by atoms with van der Waals surface area (Å²) in [6.45, 7) is 7.12. The highest BCUT2D eigenvalue weighted by molar-refractivity contribution is 6.33. The van der Waals surface area contributed by atoms with Crippen LogP contribution in [0, 0.1) is 0 Å². The highest BCUT2D eigenvalue weighted by Gasteiger charge is 2.16. The second-order valence-corrected chi connectivity index (χ2v) is 4.83. The molecular formula is C15H23ClN2O3. The van der Waals surface area contributed by atoms with Crippen LogP contribution in [0.25, 0.3) is 0 Å². The second-order valence-electron chi connectivity index (χ2n) is 4.42. The summed E-state index contributed by atoms with van der Waals surface area (Å²) in [4.78, 5) is 14.2. The number of hydrogen-bond acceptors (Lipinski definition) is 4. The molecular weight excluding hydrogens is 292 g/mol. The summed E-state index contributed by atoms with van der Waals surface area (Å²) in [6.07, 6.45) is 0. The molecule has 0 fully saturated rings. The average molecular weight is 315 g/mol. The van der Waals surface area contributed by atoms with Gasteiger partial charge in [-0.1, -0.05) is 11.6 Å². The maximum Gasteiger partial charge on any atom is 0.254 e. The first-order valence-electron chi connectivity index (χ1n) is 7.09. The van der Waals surface area contributed by atoms with E-state index >= 15 is 0 Å². The topological polar surface area (TPSA) is 64.8 Å². The van der Waals surface area contributed by atoms with E-state index in [1.807, 2.05) is 13.8 Å². The van der Waals surface area contributed by atoms with E-state index in [2.05, 4.69) is 0 Å². The minimum absolute atomic E-state index is 0.101. The molecule has 0 spiro atoms. The van der Waals surface area contributed by atoms with Gasteiger partial charge < -0.3 is 20.1 Å². The number of ether oxygens (including phenoxy) is 2. The van der Waals surface area contributed by atoms with Gasteiger partial charge in [0, 0.05) is 31.9 Å². The molecule has 6 heteroatoms. The predicted molar refractivity (Wildman–Crippen MR) is 84.8 cm³/mol. The number of anilines is 1. The van der Waals surface area contributed by atoms with Gasteiger partial charge in [-0.05, 0) is 32.0 Å². The molecule has 5 nitrogen and oxygen atoms in total. The lowest BCUT2D eigenvalue weighted by atomic mass is 10.2. The van der Waals surface area contributed by atoms with Crippen LogP contribution in [0.4, 0.5) is 5.69 Å². The lowest BCUT2D eigenvalue weighted by Crippen LogP contribution is -2.36. The van der Waals surface area contributed by atoms with Crippen molar-refractivity contribution in [2.24, 2.45) is 0 Å². The van der Waals surface area contributed by atoms with Crippen molar-refractivity contribution in [3.63, 3.8) is 0 Å². The summed E-state index contributed by atoms with van der Waals surface area (Å²) in [7, 11) is 0. The number of nitrogens with zero attached hydrogens (tertiary/aromatic N) is 1. The number of benzene rings is 1. The number of amides is 1. The van der Waals surface area contributed by atoms with Gasteiger partial charge in [0.1, 0.15) is 0 Å². The van der Waals surface area contributed by atoms with Crippen LogP contribution in [-0.4, -0.2) is 50.3 Å². The number of carbonyl (C=O) groups excluding carboxylic acids is 1. The summed E-state index contributed by atoms with van der Waals surface area (Å²) in [5, 5.41) is 0.385. The summed E-state index contributed by atoms with van der Waals surface area (Å²) in [6, 6.07) is 4.91. The number of rotatable bonds is 9. The number of hydrogen-bond donors (Lipinski definition) is 1. The largest absolute Gasteiger partial charge is 0.398 e. The fourth-order valence-corrected chi connectivity index (χ4v) is 1.98. The molecule has 0 saturated heterocycles. The minimum Gasteiger partial charge on any atom is -0.398 e. The molecule has 0 aliphatic carbocycles. The van der Waals surface area contributed by atoms with E-state index in [1.165, 1.54) is 0 Å². The molecule has 1 aromatic rings. The van der Waals surface area contributed by atoms with Crippen molar-refractivity contribution in [3.05, 3.63) is 28.8 Å². The molecule has 0 heterocycles. The van der Waals surface area contributed by atoms with Crippen molar-refractivity contribution in [2.75, 3.05) is 45.3 Å². The zero-order valence-electron chi connectivity index (χ0n) is 12.6. The van der Waals surface area contributed by atoms with Crippen molar-refractivity contribution in [2.45, 2.75) is 13.8 Å². The maximum absolute atomic E-state index is 12.5. The molecule has 1 rings (SSSR count). The Bertz CT molecular complexity index is 445. The molecule has 0 aromatic heterocycles. The fraction of sp³-hybridized carbons (Fsp3) is 0.533. The summed E-state index contributed by atoms with van der Waals surface area (Å²) >= 11 is 5.97. The highest BCUT2D eigenvalue weighted by Crippen LogP contribution is 2.20. The first kappa shape index (κ1) is 17.8. The van der Waals surface area contributed by atoms with E-state index in [-0.39, 0.29) is 5.91 Å². The third kappa shape index (κ3) is 5.91. The monoisotopic (exact) mass is 314 g/mol. The van der Waals surface area contributed by atoms with Crippen LogP contribution in [-0.2, 0) is 9.47 Å². The Morgan fingerprint density at radius 2 is 1.76 bits per heavy atom. The minimum atomic E-state index is -0.101. The number of nitrogens with two attached hydrogens (primary N) is 1. The lowest BCUT2D eigenvalue weighted by molar-refractivity contribution is 0.0550. The summed E-state index contributed by atoms with van der Waals surface area (Å²) < 4.78 is 10.6. The van der Waals surface area contributed by atoms with Crippen LogP contribution in [0.5, 0.6) is 0 Å². The van der Waals surface area contributed by atoms with E-state index in [1.54, 1.807) is 23.1 Å². The van der Waals surface area contributed by atoms with Gasteiger partial charge in [-0.15, -0.1) is 0 Å². The molecule has 0 aliphatic heterocycles. The predicted octanol–water partition coefficient (Wildman–Crippen LogP) is 2.44. The van der Waals surface area contributed by atoms with E-state index in [0.717, 1.165) is 0 Å². The fourth-order valence-electron chi connectivity index (χ4n) is 1.80. The Morgan fingerprint density at radius 1 is 1.19 bits per heavy atom. The molecule has 1 aromatic carbocycles. The summed E-state index contributed by atoms with van der Waals surface area (Å²) in [5.41, 5.74) is 6.64. The van der Waals surface area contributed by atoms with Crippen molar-refractivity contribution < 1.29 is 14.3 Å². The third-order valence-corrected chi connectivity index (χ3v) is 3.28. The average Bonchev–Trinajstić information content (AvgIpc) is 2.48. The quantitative estimate of drug-likeness (QED) is 0.561. The molecule has 0 radical (unpaired) electrons. The van der Waals surface area contributed by atoms with Gasteiger partial charge in [0.05, 0.1) is 23.9 Å². The molecule has 21 heavy (non-hydrogen) atoms. The zero-order valence-corrected chi connectivity index (χ0v) is 13.4. The second kappa shape index (κ2) is 9.60. The first-order valence-corrected chi connectivity index (χ1v) is 7.47. The van der Waals surface area contributed by atoms with Crippen molar-refractivity contribution in [1.82, 2.24) is 4.90 Å². The normalized spacial score (nSPS) is 10.6. The van der Waals surface area contributed by atoms with Crippen molar-refractivity contribution >= 4 is 23.2 Å². The highest BCUT2D eigenvalue weighted by atomic mass is 35.5. The molecule has 0 atom stereocenters.